The summed E-state index contributed by atoms with van der Waals surface area (Å²) in [5.74, 6) is -0.246. The van der Waals surface area contributed by atoms with Crippen LogP contribution in [0.2, 0.25) is 5.02 Å². The molecule has 2 rings (SSSR count). The Bertz CT molecular complexity index is 429. The molecule has 0 aromatic heterocycles. The van der Waals surface area contributed by atoms with E-state index in [1.54, 1.807) is 19.2 Å². The Labute approximate surface area is 119 Å². The minimum Gasteiger partial charge on any atom is -0.378 e. The number of rotatable bonds is 6. The molecule has 4 heteroatoms. The van der Waals surface area contributed by atoms with Gasteiger partial charge in [0.15, 0.2) is 0 Å². The molecule has 0 aliphatic heterocycles. The normalized spacial score (nSPS) is 18.9. The van der Waals surface area contributed by atoms with Crippen LogP contribution in [0.15, 0.2) is 18.2 Å². The van der Waals surface area contributed by atoms with E-state index in [0.29, 0.717) is 10.6 Å². The third-order valence-corrected chi connectivity index (χ3v) is 4.30. The Balaban J connectivity index is 2.19. The quantitative estimate of drug-likeness (QED) is 0.850. The van der Waals surface area contributed by atoms with Crippen LogP contribution >= 0.6 is 11.6 Å². The van der Waals surface area contributed by atoms with E-state index in [-0.39, 0.29) is 17.5 Å². The summed E-state index contributed by atoms with van der Waals surface area (Å²) in [6.07, 6.45) is 4.10. The monoisotopic (exact) mass is 285 g/mol. The Morgan fingerprint density at radius 1 is 1.47 bits per heavy atom. The molecule has 1 aromatic carbocycles. The second kappa shape index (κ2) is 6.21. The summed E-state index contributed by atoms with van der Waals surface area (Å²) in [5, 5.41) is 3.79. The molecule has 0 spiro atoms. The van der Waals surface area contributed by atoms with Gasteiger partial charge in [0.05, 0.1) is 5.60 Å². The first-order valence-corrected chi connectivity index (χ1v) is 7.21. The van der Waals surface area contributed by atoms with Crippen molar-refractivity contribution in [3.63, 3.8) is 0 Å². The van der Waals surface area contributed by atoms with Crippen molar-refractivity contribution in [1.82, 2.24) is 5.32 Å². The maximum atomic E-state index is 14.1. The van der Waals surface area contributed by atoms with Crippen molar-refractivity contribution in [2.45, 2.75) is 44.2 Å². The molecule has 0 bridgehead atoms. The van der Waals surface area contributed by atoms with Gasteiger partial charge in [-0.2, -0.15) is 0 Å². The van der Waals surface area contributed by atoms with Crippen LogP contribution in [0.1, 0.15) is 44.2 Å². The molecule has 19 heavy (non-hydrogen) atoms. The van der Waals surface area contributed by atoms with E-state index < -0.39 is 0 Å². The van der Waals surface area contributed by atoms with Crippen molar-refractivity contribution >= 4 is 11.6 Å². The summed E-state index contributed by atoms with van der Waals surface area (Å²) in [7, 11) is 1.75. The van der Waals surface area contributed by atoms with Crippen molar-refractivity contribution in [3.8, 4) is 0 Å². The Hall–Kier alpha value is -0.640. The number of benzene rings is 1. The highest BCUT2D eigenvalue weighted by Gasteiger charge is 2.39. The lowest BCUT2D eigenvalue weighted by molar-refractivity contribution is -0.0839. The van der Waals surface area contributed by atoms with E-state index in [2.05, 4.69) is 5.32 Å². The van der Waals surface area contributed by atoms with Crippen molar-refractivity contribution in [2.75, 3.05) is 13.7 Å². The van der Waals surface area contributed by atoms with Crippen LogP contribution in [0.3, 0.4) is 0 Å². The zero-order valence-corrected chi connectivity index (χ0v) is 12.3. The summed E-state index contributed by atoms with van der Waals surface area (Å²) in [6, 6.07) is 4.86. The van der Waals surface area contributed by atoms with E-state index in [1.165, 1.54) is 12.5 Å². The van der Waals surface area contributed by atoms with Crippen molar-refractivity contribution in [2.24, 2.45) is 0 Å². The zero-order valence-electron chi connectivity index (χ0n) is 11.5. The molecule has 1 aliphatic carbocycles. The molecule has 1 unspecified atom stereocenters. The van der Waals surface area contributed by atoms with Gasteiger partial charge in [-0.1, -0.05) is 24.6 Å². The van der Waals surface area contributed by atoms with Crippen LogP contribution in [0.5, 0.6) is 0 Å². The molecule has 2 nitrogen and oxygen atoms in total. The molecule has 1 aromatic rings. The summed E-state index contributed by atoms with van der Waals surface area (Å²) in [6.45, 7) is 2.83. The molecular formula is C15H21ClFNO. The number of halogens is 2. The molecule has 0 heterocycles. The van der Waals surface area contributed by atoms with Crippen LogP contribution in [0, 0.1) is 5.82 Å². The van der Waals surface area contributed by atoms with E-state index in [1.807, 2.05) is 6.92 Å². The molecule has 1 atom stereocenters. The standard InChI is InChI=1S/C15H21ClFNO/c1-3-18-14(10-15(19-2)7-4-8-15)12-6-5-11(16)9-13(12)17/h5-6,9,14,18H,3-4,7-8,10H2,1-2H3. The minimum atomic E-state index is -0.246. The minimum absolute atomic E-state index is 0.0254. The van der Waals surface area contributed by atoms with E-state index in [0.717, 1.165) is 25.8 Å². The zero-order chi connectivity index (χ0) is 13.9. The van der Waals surface area contributed by atoms with Gasteiger partial charge in [0, 0.05) is 23.7 Å². The van der Waals surface area contributed by atoms with Gasteiger partial charge in [-0.25, -0.2) is 4.39 Å². The summed E-state index contributed by atoms with van der Waals surface area (Å²) >= 11 is 5.81. The topological polar surface area (TPSA) is 21.3 Å². The van der Waals surface area contributed by atoms with Crippen molar-refractivity contribution in [3.05, 3.63) is 34.6 Å². The van der Waals surface area contributed by atoms with Crippen LogP contribution in [-0.4, -0.2) is 19.3 Å². The fraction of sp³-hybridized carbons (Fsp3) is 0.600. The molecule has 1 fully saturated rings. The van der Waals surface area contributed by atoms with Crippen LogP contribution in [0.25, 0.3) is 0 Å². The molecule has 0 saturated heterocycles. The van der Waals surface area contributed by atoms with Gasteiger partial charge in [0.2, 0.25) is 0 Å². The van der Waals surface area contributed by atoms with Gasteiger partial charge >= 0.3 is 0 Å². The number of nitrogens with one attached hydrogen (secondary N) is 1. The van der Waals surface area contributed by atoms with Gasteiger partial charge in [0.1, 0.15) is 5.82 Å². The number of methoxy groups -OCH3 is 1. The van der Waals surface area contributed by atoms with Crippen molar-refractivity contribution in [1.29, 1.82) is 0 Å². The Kier molecular flexibility index (Phi) is 4.82. The van der Waals surface area contributed by atoms with E-state index in [4.69, 9.17) is 16.3 Å². The van der Waals surface area contributed by atoms with Gasteiger partial charge in [0.25, 0.3) is 0 Å². The maximum absolute atomic E-state index is 14.1. The fourth-order valence-electron chi connectivity index (χ4n) is 2.76. The molecule has 1 saturated carbocycles. The van der Waals surface area contributed by atoms with Gasteiger partial charge < -0.3 is 10.1 Å². The van der Waals surface area contributed by atoms with Crippen molar-refractivity contribution < 1.29 is 9.13 Å². The predicted molar refractivity (Wildman–Crippen MR) is 76.0 cm³/mol. The second-order valence-corrected chi connectivity index (χ2v) is 5.66. The molecule has 1 aliphatic rings. The molecule has 0 amide bonds. The third kappa shape index (κ3) is 3.28. The number of hydrogen-bond donors (Lipinski definition) is 1. The first-order chi connectivity index (χ1) is 9.10. The van der Waals surface area contributed by atoms with Gasteiger partial charge in [-0.05, 0) is 44.4 Å². The average molecular weight is 286 g/mol. The first-order valence-electron chi connectivity index (χ1n) is 6.84. The average Bonchev–Trinajstić information content (AvgIpc) is 2.33. The molecule has 1 N–H and O–H groups in total. The smallest absolute Gasteiger partial charge is 0.129 e. The van der Waals surface area contributed by atoms with E-state index >= 15 is 0 Å². The lowest BCUT2D eigenvalue weighted by Gasteiger charge is -2.43. The van der Waals surface area contributed by atoms with Gasteiger partial charge in [-0.3, -0.25) is 0 Å². The lowest BCUT2D eigenvalue weighted by Crippen LogP contribution is -2.43. The lowest BCUT2D eigenvalue weighted by atomic mass is 9.74. The van der Waals surface area contributed by atoms with E-state index in [9.17, 15) is 4.39 Å². The molecule has 0 radical (unpaired) electrons. The number of hydrogen-bond acceptors (Lipinski definition) is 2. The molecular weight excluding hydrogens is 265 g/mol. The van der Waals surface area contributed by atoms with Crippen LogP contribution in [-0.2, 0) is 4.74 Å². The highest BCUT2D eigenvalue weighted by Crippen LogP contribution is 2.42. The van der Waals surface area contributed by atoms with Gasteiger partial charge in [-0.15, -0.1) is 0 Å². The highest BCUT2D eigenvalue weighted by molar-refractivity contribution is 6.30. The molecule has 106 valence electrons. The van der Waals surface area contributed by atoms with Crippen LogP contribution < -0.4 is 5.32 Å². The Morgan fingerprint density at radius 2 is 2.21 bits per heavy atom. The summed E-state index contributed by atoms with van der Waals surface area (Å²) in [5.41, 5.74) is 0.591. The van der Waals surface area contributed by atoms with Crippen LogP contribution in [0.4, 0.5) is 4.39 Å². The Morgan fingerprint density at radius 3 is 2.68 bits per heavy atom. The third-order valence-electron chi connectivity index (χ3n) is 4.06. The second-order valence-electron chi connectivity index (χ2n) is 5.22. The highest BCUT2D eigenvalue weighted by atomic mass is 35.5. The summed E-state index contributed by atoms with van der Waals surface area (Å²) < 4.78 is 19.7. The summed E-state index contributed by atoms with van der Waals surface area (Å²) in [4.78, 5) is 0. The largest absolute Gasteiger partial charge is 0.378 e. The number of ether oxygens (including phenoxy) is 1. The fourth-order valence-corrected chi connectivity index (χ4v) is 2.92. The predicted octanol–water partition coefficient (Wildman–Crippen LogP) is 4.09. The maximum Gasteiger partial charge on any atom is 0.129 e. The first kappa shape index (κ1) is 14.8. The SMILES string of the molecule is CCNC(CC1(OC)CCC1)c1ccc(Cl)cc1F.